The first kappa shape index (κ1) is 12.2. The quantitative estimate of drug-likeness (QED) is 0.822. The summed E-state index contributed by atoms with van der Waals surface area (Å²) < 4.78 is 1.86. The Hall–Kier alpha value is -0.830. The van der Waals surface area contributed by atoms with Crippen molar-refractivity contribution in [1.29, 1.82) is 0 Å². The second-order valence-corrected chi connectivity index (χ2v) is 5.46. The van der Waals surface area contributed by atoms with Gasteiger partial charge in [-0.1, -0.05) is 6.92 Å². The molecule has 15 heavy (non-hydrogen) atoms. The Kier molecular flexibility index (Phi) is 3.91. The molecule has 0 saturated heterocycles. The molecule has 3 heteroatoms. The average molecular weight is 209 g/mol. The number of hydrogen-bond acceptors (Lipinski definition) is 2. The Labute approximate surface area is 92.9 Å². The van der Waals surface area contributed by atoms with Crippen LogP contribution >= 0.6 is 0 Å². The number of hydrogen-bond donors (Lipinski definition) is 1. The van der Waals surface area contributed by atoms with Gasteiger partial charge in [-0.25, -0.2) is 0 Å². The van der Waals surface area contributed by atoms with E-state index < -0.39 is 0 Å². The van der Waals surface area contributed by atoms with Crippen LogP contribution in [0.2, 0.25) is 0 Å². The highest BCUT2D eigenvalue weighted by molar-refractivity contribution is 5.04. The summed E-state index contributed by atoms with van der Waals surface area (Å²) in [5.74, 6) is 0.647. The van der Waals surface area contributed by atoms with Crippen LogP contribution in [-0.2, 0) is 13.5 Å². The molecule has 3 nitrogen and oxygen atoms in total. The Morgan fingerprint density at radius 2 is 2.13 bits per heavy atom. The van der Waals surface area contributed by atoms with Crippen molar-refractivity contribution in [2.24, 2.45) is 13.0 Å². The molecule has 1 unspecified atom stereocenters. The van der Waals surface area contributed by atoms with E-state index in [2.05, 4.69) is 44.3 Å². The van der Waals surface area contributed by atoms with Gasteiger partial charge in [0.25, 0.3) is 0 Å². The summed E-state index contributed by atoms with van der Waals surface area (Å²) in [6, 6.07) is 0. The van der Waals surface area contributed by atoms with Crippen molar-refractivity contribution in [2.45, 2.75) is 39.7 Å². The maximum Gasteiger partial charge on any atom is 0.0521 e. The molecule has 0 aliphatic carbocycles. The van der Waals surface area contributed by atoms with Crippen LogP contribution in [0, 0.1) is 5.92 Å². The van der Waals surface area contributed by atoms with Gasteiger partial charge >= 0.3 is 0 Å². The minimum atomic E-state index is 0.212. The van der Waals surface area contributed by atoms with Gasteiger partial charge < -0.3 is 5.32 Å². The van der Waals surface area contributed by atoms with Gasteiger partial charge in [0.1, 0.15) is 0 Å². The van der Waals surface area contributed by atoms with E-state index >= 15 is 0 Å². The minimum Gasteiger partial charge on any atom is -0.312 e. The Balaban J connectivity index is 2.33. The zero-order valence-corrected chi connectivity index (χ0v) is 10.5. The van der Waals surface area contributed by atoms with Crippen LogP contribution in [0.1, 0.15) is 33.3 Å². The molecule has 0 aliphatic rings. The number of aromatic nitrogens is 2. The van der Waals surface area contributed by atoms with Gasteiger partial charge in [0.2, 0.25) is 0 Å². The van der Waals surface area contributed by atoms with Crippen molar-refractivity contribution < 1.29 is 0 Å². The summed E-state index contributed by atoms with van der Waals surface area (Å²) in [5, 5.41) is 7.70. The number of rotatable bonds is 4. The third-order valence-corrected chi connectivity index (χ3v) is 2.32. The van der Waals surface area contributed by atoms with E-state index in [1.807, 2.05) is 17.9 Å². The lowest BCUT2D eigenvalue weighted by atomic mass is 10.0. The predicted molar refractivity (Wildman–Crippen MR) is 63.8 cm³/mol. The molecule has 1 N–H and O–H groups in total. The molecule has 0 saturated carbocycles. The lowest BCUT2D eigenvalue weighted by Gasteiger charge is -2.23. The Bertz CT molecular complexity index is 296. The lowest BCUT2D eigenvalue weighted by molar-refractivity contribution is 0.381. The SMILES string of the molecule is CC(CNC(C)(C)C)Cc1cnn(C)c1. The van der Waals surface area contributed by atoms with Crippen molar-refractivity contribution >= 4 is 0 Å². The predicted octanol–water partition coefficient (Wildman–Crippen LogP) is 1.99. The normalized spacial score (nSPS) is 14.2. The van der Waals surface area contributed by atoms with Gasteiger partial charge in [-0.3, -0.25) is 4.68 Å². The highest BCUT2D eigenvalue weighted by atomic mass is 15.2. The van der Waals surface area contributed by atoms with Crippen LogP contribution in [-0.4, -0.2) is 21.9 Å². The third-order valence-electron chi connectivity index (χ3n) is 2.32. The molecule has 0 aliphatic heterocycles. The summed E-state index contributed by atoms with van der Waals surface area (Å²) in [6.07, 6.45) is 5.14. The van der Waals surface area contributed by atoms with E-state index in [-0.39, 0.29) is 5.54 Å². The number of nitrogens with one attached hydrogen (secondary N) is 1. The van der Waals surface area contributed by atoms with Gasteiger partial charge in [0.05, 0.1) is 6.20 Å². The molecule has 0 aromatic carbocycles. The Morgan fingerprint density at radius 3 is 2.60 bits per heavy atom. The van der Waals surface area contributed by atoms with Crippen LogP contribution < -0.4 is 5.32 Å². The van der Waals surface area contributed by atoms with E-state index in [0.29, 0.717) is 5.92 Å². The maximum absolute atomic E-state index is 4.17. The van der Waals surface area contributed by atoms with Crippen molar-refractivity contribution in [3.8, 4) is 0 Å². The van der Waals surface area contributed by atoms with Crippen LogP contribution in [0.5, 0.6) is 0 Å². The average Bonchev–Trinajstić information content (AvgIpc) is 2.47. The molecule has 1 atom stereocenters. The fourth-order valence-electron chi connectivity index (χ4n) is 1.53. The summed E-state index contributed by atoms with van der Waals surface area (Å²) in [5.41, 5.74) is 1.53. The molecule has 86 valence electrons. The summed E-state index contributed by atoms with van der Waals surface area (Å²) in [4.78, 5) is 0. The van der Waals surface area contributed by atoms with Gasteiger partial charge in [0, 0.05) is 18.8 Å². The lowest BCUT2D eigenvalue weighted by Crippen LogP contribution is -2.38. The molecular formula is C12H23N3. The Morgan fingerprint density at radius 1 is 1.47 bits per heavy atom. The topological polar surface area (TPSA) is 29.9 Å². The summed E-state index contributed by atoms with van der Waals surface area (Å²) >= 11 is 0. The zero-order valence-electron chi connectivity index (χ0n) is 10.5. The third kappa shape index (κ3) is 4.98. The molecule has 1 aromatic rings. The van der Waals surface area contributed by atoms with Crippen LogP contribution in [0.4, 0.5) is 0 Å². The van der Waals surface area contributed by atoms with Gasteiger partial charge in [-0.15, -0.1) is 0 Å². The molecule has 0 fully saturated rings. The van der Waals surface area contributed by atoms with E-state index in [9.17, 15) is 0 Å². The van der Waals surface area contributed by atoms with Crippen molar-refractivity contribution in [3.05, 3.63) is 18.0 Å². The fourth-order valence-corrected chi connectivity index (χ4v) is 1.53. The minimum absolute atomic E-state index is 0.212. The van der Waals surface area contributed by atoms with Gasteiger partial charge in [-0.2, -0.15) is 5.10 Å². The molecule has 0 amide bonds. The van der Waals surface area contributed by atoms with E-state index in [1.54, 1.807) is 0 Å². The maximum atomic E-state index is 4.17. The zero-order chi connectivity index (χ0) is 11.5. The van der Waals surface area contributed by atoms with E-state index in [0.717, 1.165) is 13.0 Å². The molecule has 1 heterocycles. The molecule has 0 bridgehead atoms. The molecule has 1 rings (SSSR count). The second kappa shape index (κ2) is 4.79. The molecule has 0 spiro atoms. The van der Waals surface area contributed by atoms with Crippen molar-refractivity contribution in [2.75, 3.05) is 6.54 Å². The second-order valence-electron chi connectivity index (χ2n) is 5.46. The van der Waals surface area contributed by atoms with E-state index in [4.69, 9.17) is 0 Å². The fraction of sp³-hybridized carbons (Fsp3) is 0.750. The van der Waals surface area contributed by atoms with Crippen LogP contribution in [0.15, 0.2) is 12.4 Å². The van der Waals surface area contributed by atoms with Gasteiger partial charge in [0.15, 0.2) is 0 Å². The van der Waals surface area contributed by atoms with Crippen molar-refractivity contribution in [3.63, 3.8) is 0 Å². The first-order valence-corrected chi connectivity index (χ1v) is 5.59. The molecular weight excluding hydrogens is 186 g/mol. The van der Waals surface area contributed by atoms with E-state index in [1.165, 1.54) is 5.56 Å². The monoisotopic (exact) mass is 209 g/mol. The highest BCUT2D eigenvalue weighted by Crippen LogP contribution is 2.08. The number of aryl methyl sites for hydroxylation is 1. The standard InChI is InChI=1S/C12H23N3/c1-10(7-13-12(2,3)4)6-11-8-14-15(5)9-11/h8-10,13H,6-7H2,1-5H3. The van der Waals surface area contributed by atoms with Crippen LogP contribution in [0.3, 0.4) is 0 Å². The largest absolute Gasteiger partial charge is 0.312 e. The highest BCUT2D eigenvalue weighted by Gasteiger charge is 2.11. The first-order chi connectivity index (χ1) is 6.87. The summed E-state index contributed by atoms with van der Waals surface area (Å²) in [6.45, 7) is 9.92. The number of nitrogens with zero attached hydrogens (tertiary/aromatic N) is 2. The van der Waals surface area contributed by atoms with Crippen molar-refractivity contribution in [1.82, 2.24) is 15.1 Å². The smallest absolute Gasteiger partial charge is 0.0521 e. The molecule has 0 radical (unpaired) electrons. The van der Waals surface area contributed by atoms with Crippen LogP contribution in [0.25, 0.3) is 0 Å². The first-order valence-electron chi connectivity index (χ1n) is 5.59. The van der Waals surface area contributed by atoms with Gasteiger partial charge in [-0.05, 0) is 45.2 Å². The molecule has 1 aromatic heterocycles. The summed E-state index contributed by atoms with van der Waals surface area (Å²) in [7, 11) is 1.96.